The highest BCUT2D eigenvalue weighted by Crippen LogP contribution is 1.97. The molecule has 1 aromatic heterocycles. The van der Waals surface area contributed by atoms with Crippen molar-refractivity contribution >= 4 is 0 Å². The SMILES string of the molecule is NCc1nccnc1CN. The van der Waals surface area contributed by atoms with E-state index in [0.717, 1.165) is 11.4 Å². The van der Waals surface area contributed by atoms with Crippen molar-refractivity contribution in [2.45, 2.75) is 13.1 Å². The summed E-state index contributed by atoms with van der Waals surface area (Å²) in [4.78, 5) is 8.00. The minimum Gasteiger partial charge on any atom is -0.325 e. The molecule has 0 saturated heterocycles. The van der Waals surface area contributed by atoms with Crippen LogP contribution in [0.3, 0.4) is 0 Å². The number of nitrogens with zero attached hydrogens (tertiary/aromatic N) is 2. The maximum atomic E-state index is 5.37. The minimum atomic E-state index is 0.403. The van der Waals surface area contributed by atoms with Gasteiger partial charge in [-0.25, -0.2) is 0 Å². The zero-order valence-corrected chi connectivity index (χ0v) is 5.62. The Balaban J connectivity index is 2.96. The van der Waals surface area contributed by atoms with E-state index < -0.39 is 0 Å². The number of aromatic nitrogens is 2. The second-order valence-corrected chi connectivity index (χ2v) is 1.86. The van der Waals surface area contributed by atoms with Crippen molar-refractivity contribution < 1.29 is 0 Å². The summed E-state index contributed by atoms with van der Waals surface area (Å²) in [5.41, 5.74) is 12.3. The lowest BCUT2D eigenvalue weighted by molar-refractivity contribution is 0.870. The molecule has 0 aromatic carbocycles. The average molecular weight is 138 g/mol. The fourth-order valence-electron chi connectivity index (χ4n) is 0.737. The van der Waals surface area contributed by atoms with Crippen molar-refractivity contribution in [3.05, 3.63) is 23.8 Å². The summed E-state index contributed by atoms with van der Waals surface area (Å²) < 4.78 is 0. The molecule has 0 unspecified atom stereocenters. The quantitative estimate of drug-likeness (QED) is 0.571. The van der Waals surface area contributed by atoms with Gasteiger partial charge in [-0.05, 0) is 0 Å². The van der Waals surface area contributed by atoms with Gasteiger partial charge in [0.1, 0.15) is 0 Å². The Bertz CT molecular complexity index is 188. The van der Waals surface area contributed by atoms with Crippen molar-refractivity contribution in [3.63, 3.8) is 0 Å². The van der Waals surface area contributed by atoms with Crippen molar-refractivity contribution in [2.75, 3.05) is 0 Å². The first-order chi connectivity index (χ1) is 4.88. The largest absolute Gasteiger partial charge is 0.325 e. The molecule has 1 heterocycles. The number of rotatable bonds is 2. The second-order valence-electron chi connectivity index (χ2n) is 1.86. The van der Waals surface area contributed by atoms with Gasteiger partial charge in [-0.1, -0.05) is 0 Å². The monoisotopic (exact) mass is 138 g/mol. The zero-order valence-electron chi connectivity index (χ0n) is 5.62. The molecule has 0 amide bonds. The van der Waals surface area contributed by atoms with Crippen LogP contribution in [0.25, 0.3) is 0 Å². The fraction of sp³-hybridized carbons (Fsp3) is 0.333. The summed E-state index contributed by atoms with van der Waals surface area (Å²) in [5, 5.41) is 0. The molecule has 0 saturated carbocycles. The summed E-state index contributed by atoms with van der Waals surface area (Å²) in [6.45, 7) is 0.806. The van der Waals surface area contributed by atoms with E-state index in [9.17, 15) is 0 Å². The van der Waals surface area contributed by atoms with E-state index in [1.165, 1.54) is 0 Å². The van der Waals surface area contributed by atoms with Gasteiger partial charge in [0.05, 0.1) is 11.4 Å². The van der Waals surface area contributed by atoms with Crippen LogP contribution >= 0.6 is 0 Å². The smallest absolute Gasteiger partial charge is 0.0767 e. The third-order valence-corrected chi connectivity index (χ3v) is 1.25. The summed E-state index contributed by atoms with van der Waals surface area (Å²) in [6, 6.07) is 0. The van der Waals surface area contributed by atoms with Gasteiger partial charge in [0.25, 0.3) is 0 Å². The molecule has 0 aliphatic heterocycles. The van der Waals surface area contributed by atoms with Gasteiger partial charge in [0.15, 0.2) is 0 Å². The van der Waals surface area contributed by atoms with Gasteiger partial charge in [-0.2, -0.15) is 0 Å². The van der Waals surface area contributed by atoms with Crippen LogP contribution in [0.1, 0.15) is 11.4 Å². The van der Waals surface area contributed by atoms with E-state index in [1.54, 1.807) is 12.4 Å². The van der Waals surface area contributed by atoms with E-state index in [2.05, 4.69) is 9.97 Å². The Hall–Kier alpha value is -1.00. The highest BCUT2D eigenvalue weighted by atomic mass is 14.8. The van der Waals surface area contributed by atoms with Gasteiger partial charge in [0.2, 0.25) is 0 Å². The molecule has 1 aromatic rings. The second kappa shape index (κ2) is 3.24. The summed E-state index contributed by atoms with van der Waals surface area (Å²) >= 11 is 0. The highest BCUT2D eigenvalue weighted by molar-refractivity contribution is 5.09. The maximum absolute atomic E-state index is 5.37. The topological polar surface area (TPSA) is 77.8 Å². The van der Waals surface area contributed by atoms with Crippen molar-refractivity contribution in [1.29, 1.82) is 0 Å². The first kappa shape index (κ1) is 7.11. The van der Waals surface area contributed by atoms with Gasteiger partial charge in [0, 0.05) is 25.5 Å². The van der Waals surface area contributed by atoms with E-state index in [4.69, 9.17) is 11.5 Å². The molecule has 4 heteroatoms. The lowest BCUT2D eigenvalue weighted by Gasteiger charge is -1.99. The Kier molecular flexibility index (Phi) is 2.30. The summed E-state index contributed by atoms with van der Waals surface area (Å²) in [6.07, 6.45) is 3.22. The molecule has 1 rings (SSSR count). The molecule has 0 spiro atoms. The van der Waals surface area contributed by atoms with E-state index >= 15 is 0 Å². The van der Waals surface area contributed by atoms with Crippen LogP contribution in [0, 0.1) is 0 Å². The fourth-order valence-corrected chi connectivity index (χ4v) is 0.737. The molecule has 54 valence electrons. The van der Waals surface area contributed by atoms with Gasteiger partial charge >= 0.3 is 0 Å². The van der Waals surface area contributed by atoms with Crippen LogP contribution in [-0.4, -0.2) is 9.97 Å². The van der Waals surface area contributed by atoms with Crippen LogP contribution in [0.4, 0.5) is 0 Å². The highest BCUT2D eigenvalue weighted by Gasteiger charge is 1.98. The lowest BCUT2D eigenvalue weighted by Crippen LogP contribution is -2.09. The van der Waals surface area contributed by atoms with Crippen LogP contribution in [0.2, 0.25) is 0 Å². The van der Waals surface area contributed by atoms with E-state index in [-0.39, 0.29) is 0 Å². The standard InChI is InChI=1S/C6H10N4/c7-3-5-6(4-8)10-2-1-9-5/h1-2H,3-4,7-8H2. The minimum absolute atomic E-state index is 0.403. The molecule has 0 fully saturated rings. The Morgan fingerprint density at radius 1 is 1.00 bits per heavy atom. The van der Waals surface area contributed by atoms with Crippen molar-refractivity contribution in [3.8, 4) is 0 Å². The van der Waals surface area contributed by atoms with Crippen LogP contribution in [0.5, 0.6) is 0 Å². The van der Waals surface area contributed by atoms with Gasteiger partial charge in [-0.15, -0.1) is 0 Å². The molecule has 0 bridgehead atoms. The Morgan fingerprint density at radius 3 is 1.70 bits per heavy atom. The van der Waals surface area contributed by atoms with E-state index in [0.29, 0.717) is 13.1 Å². The molecule has 10 heavy (non-hydrogen) atoms. The van der Waals surface area contributed by atoms with Crippen molar-refractivity contribution in [1.82, 2.24) is 9.97 Å². The normalized spacial score (nSPS) is 9.80. The third kappa shape index (κ3) is 1.29. The molecule has 0 aliphatic rings. The third-order valence-electron chi connectivity index (χ3n) is 1.25. The van der Waals surface area contributed by atoms with Crippen LogP contribution in [0.15, 0.2) is 12.4 Å². The number of hydrogen-bond donors (Lipinski definition) is 2. The number of hydrogen-bond acceptors (Lipinski definition) is 4. The lowest BCUT2D eigenvalue weighted by atomic mass is 10.3. The predicted molar refractivity (Wildman–Crippen MR) is 37.8 cm³/mol. The van der Waals surface area contributed by atoms with Crippen LogP contribution < -0.4 is 11.5 Å². The zero-order chi connectivity index (χ0) is 7.40. The molecular weight excluding hydrogens is 128 g/mol. The first-order valence-corrected chi connectivity index (χ1v) is 3.07. The Labute approximate surface area is 59.3 Å². The number of nitrogens with two attached hydrogens (primary N) is 2. The molecule has 4 N–H and O–H groups in total. The van der Waals surface area contributed by atoms with Gasteiger partial charge in [-0.3, -0.25) is 9.97 Å². The average Bonchev–Trinajstić information content (AvgIpc) is 2.04. The molecule has 4 nitrogen and oxygen atoms in total. The molecule has 0 atom stereocenters. The first-order valence-electron chi connectivity index (χ1n) is 3.07. The van der Waals surface area contributed by atoms with Gasteiger partial charge < -0.3 is 11.5 Å². The van der Waals surface area contributed by atoms with Crippen molar-refractivity contribution in [2.24, 2.45) is 11.5 Å². The Morgan fingerprint density at radius 2 is 1.40 bits per heavy atom. The summed E-state index contributed by atoms with van der Waals surface area (Å²) in [5.74, 6) is 0. The van der Waals surface area contributed by atoms with Crippen LogP contribution in [-0.2, 0) is 13.1 Å². The molecule has 0 radical (unpaired) electrons. The maximum Gasteiger partial charge on any atom is 0.0767 e. The predicted octanol–water partition coefficient (Wildman–Crippen LogP) is -0.606. The summed E-state index contributed by atoms with van der Waals surface area (Å²) in [7, 11) is 0. The van der Waals surface area contributed by atoms with E-state index in [1.807, 2.05) is 0 Å². The molecule has 0 aliphatic carbocycles. The molecular formula is C6H10N4.